The molecule has 0 saturated carbocycles. The van der Waals surface area contributed by atoms with Gasteiger partial charge in [0, 0.05) is 10.8 Å². The van der Waals surface area contributed by atoms with Gasteiger partial charge in [0.25, 0.3) is 5.56 Å². The molecular formula is C17H30N2O. The van der Waals surface area contributed by atoms with E-state index in [1.54, 1.807) is 0 Å². The van der Waals surface area contributed by atoms with E-state index in [1.807, 2.05) is 33.8 Å². The van der Waals surface area contributed by atoms with Crippen molar-refractivity contribution in [1.29, 1.82) is 0 Å². The molecule has 114 valence electrons. The Hall–Kier alpha value is -1.51. The Morgan fingerprint density at radius 2 is 1.25 bits per heavy atom. The van der Waals surface area contributed by atoms with Crippen LogP contribution in [0.15, 0.2) is 16.9 Å². The zero-order chi connectivity index (χ0) is 16.0. The first-order valence-corrected chi connectivity index (χ1v) is 7.52. The summed E-state index contributed by atoms with van der Waals surface area (Å²) >= 11 is 0. The van der Waals surface area contributed by atoms with Crippen molar-refractivity contribution in [2.75, 3.05) is 0 Å². The average Bonchev–Trinajstić information content (AvgIpc) is 2.72. The summed E-state index contributed by atoms with van der Waals surface area (Å²) in [5, 5.41) is 7.19. The maximum atomic E-state index is 11.7. The van der Waals surface area contributed by atoms with Gasteiger partial charge in [-0.1, -0.05) is 73.6 Å². The molecular weight excluding hydrogens is 248 g/mol. The van der Waals surface area contributed by atoms with Crippen LogP contribution in [0.1, 0.15) is 55.4 Å². The fourth-order valence-electron chi connectivity index (χ4n) is 1.91. The highest BCUT2D eigenvalue weighted by atomic mass is 16.1. The van der Waals surface area contributed by atoms with Gasteiger partial charge >= 0.3 is 0 Å². The largest absolute Gasteiger partial charge is 0.298 e. The fraction of sp³-hybridized carbons (Fsp3) is 0.588. The number of hydrogen-bond donors (Lipinski definition) is 2. The highest BCUT2D eigenvalue weighted by molar-refractivity contribution is 5.43. The maximum Gasteiger partial charge on any atom is 0.271 e. The van der Waals surface area contributed by atoms with Crippen molar-refractivity contribution in [3.05, 3.63) is 33.1 Å². The van der Waals surface area contributed by atoms with Gasteiger partial charge in [0.1, 0.15) is 0 Å². The minimum Gasteiger partial charge on any atom is -0.298 e. The normalized spacial score (nSPS) is 22.6. The van der Waals surface area contributed by atoms with Crippen molar-refractivity contribution in [3.63, 3.8) is 0 Å². The number of H-pyrrole nitrogens is 2. The van der Waals surface area contributed by atoms with E-state index in [-0.39, 0.29) is 16.4 Å². The van der Waals surface area contributed by atoms with Gasteiger partial charge in [0.2, 0.25) is 0 Å². The Bertz CT molecular complexity index is 598. The highest BCUT2D eigenvalue weighted by Crippen LogP contribution is 2.26. The molecule has 2 rings (SSSR count). The van der Waals surface area contributed by atoms with Gasteiger partial charge in [-0.15, -0.1) is 0 Å². The van der Waals surface area contributed by atoms with Crippen LogP contribution < -0.4 is 16.1 Å². The molecule has 0 aliphatic heterocycles. The van der Waals surface area contributed by atoms with Crippen LogP contribution in [0, 0.1) is 10.8 Å². The molecule has 0 amide bonds. The molecule has 20 heavy (non-hydrogen) atoms. The number of allylic oxidation sites excluding steroid dienone is 2. The number of nitrogens with one attached hydrogen (secondary N) is 2. The summed E-state index contributed by atoms with van der Waals surface area (Å²) in [6.45, 7) is 16.4. The summed E-state index contributed by atoms with van der Waals surface area (Å²) < 4.78 is 0. The van der Waals surface area contributed by atoms with Crippen LogP contribution in [0.25, 0.3) is 12.2 Å². The minimum atomic E-state index is -0.102. The van der Waals surface area contributed by atoms with Gasteiger partial charge in [-0.25, -0.2) is 0 Å². The van der Waals surface area contributed by atoms with Gasteiger partial charge in [-0.3, -0.25) is 15.0 Å². The van der Waals surface area contributed by atoms with Crippen molar-refractivity contribution in [1.82, 2.24) is 10.2 Å². The van der Waals surface area contributed by atoms with Crippen LogP contribution in [0.5, 0.6) is 0 Å². The Kier molecular flexibility index (Phi) is 6.77. The van der Waals surface area contributed by atoms with Crippen molar-refractivity contribution >= 4 is 12.2 Å². The highest BCUT2D eigenvalue weighted by Gasteiger charge is 2.18. The standard InChI is InChI=1S/C13H18N2O.2C2H6/c1-12(2)5-6-13(3,4)8-10-9(7-12)11(16)15-14-10;2*1-2/h5-8,14H,1-4H3,(H,15,16);2*1-2H3/b6-5-,9-7+,10-8+;;. The first-order valence-electron chi connectivity index (χ1n) is 7.52. The molecule has 0 radical (unpaired) electrons. The van der Waals surface area contributed by atoms with E-state index in [0.717, 1.165) is 10.6 Å². The Balaban J connectivity index is 0.000000829. The molecule has 0 fully saturated rings. The third-order valence-electron chi connectivity index (χ3n) is 2.82. The zero-order valence-electron chi connectivity index (χ0n) is 14.2. The summed E-state index contributed by atoms with van der Waals surface area (Å²) in [5.41, 5.74) is -0.202. The molecule has 0 unspecified atom stereocenters. The van der Waals surface area contributed by atoms with Crippen LogP contribution >= 0.6 is 0 Å². The van der Waals surface area contributed by atoms with Crippen LogP contribution in [-0.4, -0.2) is 10.2 Å². The topological polar surface area (TPSA) is 48.6 Å². The van der Waals surface area contributed by atoms with Crippen molar-refractivity contribution in [2.45, 2.75) is 55.4 Å². The summed E-state index contributed by atoms with van der Waals surface area (Å²) in [4.78, 5) is 11.7. The van der Waals surface area contributed by atoms with Crippen LogP contribution in [0.4, 0.5) is 0 Å². The quantitative estimate of drug-likeness (QED) is 0.704. The molecule has 0 spiro atoms. The molecule has 1 aromatic rings. The van der Waals surface area contributed by atoms with E-state index in [1.165, 1.54) is 0 Å². The van der Waals surface area contributed by atoms with E-state index in [9.17, 15) is 4.79 Å². The molecule has 3 heteroatoms. The van der Waals surface area contributed by atoms with Crippen LogP contribution in [-0.2, 0) is 0 Å². The fourth-order valence-corrected chi connectivity index (χ4v) is 1.91. The van der Waals surface area contributed by atoms with Crippen LogP contribution in [0.3, 0.4) is 0 Å². The lowest BCUT2D eigenvalue weighted by Crippen LogP contribution is -2.37. The monoisotopic (exact) mass is 278 g/mol. The molecule has 0 atom stereocenters. The molecule has 1 aliphatic carbocycles. The predicted molar refractivity (Wildman–Crippen MR) is 89.0 cm³/mol. The summed E-state index contributed by atoms with van der Waals surface area (Å²) in [6, 6.07) is 0. The predicted octanol–water partition coefficient (Wildman–Crippen LogP) is 2.94. The molecule has 1 heterocycles. The maximum absolute atomic E-state index is 11.7. The minimum absolute atomic E-state index is 0.0502. The van der Waals surface area contributed by atoms with Crippen molar-refractivity contribution < 1.29 is 0 Å². The average molecular weight is 278 g/mol. The van der Waals surface area contributed by atoms with Crippen molar-refractivity contribution in [3.8, 4) is 0 Å². The van der Waals surface area contributed by atoms with Crippen molar-refractivity contribution in [2.24, 2.45) is 10.8 Å². The second-order valence-electron chi connectivity index (χ2n) is 5.67. The van der Waals surface area contributed by atoms with E-state index in [0.29, 0.717) is 0 Å². The van der Waals surface area contributed by atoms with Gasteiger partial charge < -0.3 is 0 Å². The second kappa shape index (κ2) is 7.32. The van der Waals surface area contributed by atoms with Gasteiger partial charge in [-0.2, -0.15) is 0 Å². The molecule has 0 bridgehead atoms. The Labute approximate surface area is 122 Å². The number of fused-ring (bicyclic) bond motifs is 1. The first kappa shape index (κ1) is 18.5. The summed E-state index contributed by atoms with van der Waals surface area (Å²) in [6.07, 6.45) is 8.40. The van der Waals surface area contributed by atoms with E-state index >= 15 is 0 Å². The van der Waals surface area contributed by atoms with E-state index in [4.69, 9.17) is 0 Å². The number of aromatic amines is 2. The van der Waals surface area contributed by atoms with E-state index in [2.05, 4.69) is 56.1 Å². The summed E-state index contributed by atoms with van der Waals surface area (Å²) in [5.74, 6) is 0. The van der Waals surface area contributed by atoms with E-state index < -0.39 is 0 Å². The lowest BCUT2D eigenvalue weighted by molar-refractivity contribution is 0.616. The second-order valence-corrected chi connectivity index (χ2v) is 5.67. The lowest BCUT2D eigenvalue weighted by Gasteiger charge is -2.21. The molecule has 0 aromatic carbocycles. The molecule has 1 aliphatic rings. The first-order chi connectivity index (χ1) is 9.29. The van der Waals surface area contributed by atoms with Gasteiger partial charge in [0.05, 0.1) is 10.6 Å². The SMILES string of the molecule is CC.CC.CC1(C)/C=C\C(C)(C)/C=c2/c(=O)[nH][nH]/c2=C/1. The smallest absolute Gasteiger partial charge is 0.271 e. The lowest BCUT2D eigenvalue weighted by atomic mass is 9.84. The molecule has 1 aromatic heterocycles. The zero-order valence-corrected chi connectivity index (χ0v) is 14.2. The third-order valence-corrected chi connectivity index (χ3v) is 2.82. The number of rotatable bonds is 0. The molecule has 0 saturated heterocycles. The Morgan fingerprint density at radius 3 is 1.75 bits per heavy atom. The third kappa shape index (κ3) is 4.87. The molecule has 3 nitrogen and oxygen atoms in total. The molecule has 2 N–H and O–H groups in total. The van der Waals surface area contributed by atoms with Gasteiger partial charge in [0.15, 0.2) is 0 Å². The Morgan fingerprint density at radius 1 is 0.800 bits per heavy atom. The number of aromatic nitrogens is 2. The number of hydrogen-bond acceptors (Lipinski definition) is 1. The van der Waals surface area contributed by atoms with Crippen LogP contribution in [0.2, 0.25) is 0 Å². The van der Waals surface area contributed by atoms with Gasteiger partial charge in [-0.05, 0) is 6.08 Å². The summed E-state index contributed by atoms with van der Waals surface area (Å²) in [7, 11) is 0.